The second-order valence-electron chi connectivity index (χ2n) is 7.05. The van der Waals surface area contributed by atoms with Gasteiger partial charge in [0.05, 0.1) is 29.5 Å². The smallest absolute Gasteiger partial charge is 0.400 e. The van der Waals surface area contributed by atoms with Crippen molar-refractivity contribution < 1.29 is 14.4 Å². The molecule has 0 radical (unpaired) electrons. The van der Waals surface area contributed by atoms with Crippen LogP contribution in [-0.4, -0.2) is 39.8 Å². The summed E-state index contributed by atoms with van der Waals surface area (Å²) >= 11 is 0. The lowest BCUT2D eigenvalue weighted by Crippen LogP contribution is -2.41. The summed E-state index contributed by atoms with van der Waals surface area (Å²) in [7, 11) is 1.38. The quantitative estimate of drug-likeness (QED) is 0.885. The van der Waals surface area contributed by atoms with Gasteiger partial charge in [-0.3, -0.25) is 4.68 Å². The average Bonchev–Trinajstić information content (AvgIpc) is 2.94. The summed E-state index contributed by atoms with van der Waals surface area (Å²) in [4.78, 5) is 0. The normalized spacial score (nSPS) is 20.4. The van der Waals surface area contributed by atoms with Gasteiger partial charge in [-0.2, -0.15) is 5.10 Å². The highest BCUT2D eigenvalue weighted by molar-refractivity contribution is 6.55. The first-order chi connectivity index (χ1) is 10.7. The molecule has 0 bridgehead atoms. The fourth-order valence-corrected chi connectivity index (χ4v) is 2.65. The molecule has 1 N–H and O–H groups in total. The van der Waals surface area contributed by atoms with Gasteiger partial charge in [0, 0.05) is 12.4 Å². The number of aliphatic hydroxyl groups excluding tert-OH is 1. The molecular formula is C17H23BN2O3. The number of hydrogen-bond donors (Lipinski definition) is 1. The summed E-state index contributed by atoms with van der Waals surface area (Å²) in [5.74, 6) is 0. The molecule has 0 unspecified atom stereocenters. The lowest BCUT2D eigenvalue weighted by molar-refractivity contribution is 0.00578. The van der Waals surface area contributed by atoms with Crippen LogP contribution in [0, 0.1) is 0 Å². The van der Waals surface area contributed by atoms with E-state index in [-0.39, 0.29) is 6.61 Å². The Kier molecular flexibility index (Phi) is 3.87. The largest absolute Gasteiger partial charge is 0.492 e. The van der Waals surface area contributed by atoms with Crippen LogP contribution in [-0.2, 0) is 16.4 Å². The zero-order chi connectivity index (χ0) is 16.8. The first kappa shape index (κ1) is 16.2. The van der Waals surface area contributed by atoms with E-state index in [1.807, 2.05) is 69.9 Å². The first-order valence-electron chi connectivity index (χ1n) is 7.82. The lowest BCUT2D eigenvalue weighted by atomic mass is 9.77. The third-order valence-corrected chi connectivity index (χ3v) is 4.86. The van der Waals surface area contributed by atoms with Gasteiger partial charge in [0.2, 0.25) is 0 Å². The van der Waals surface area contributed by atoms with E-state index in [4.69, 9.17) is 9.31 Å². The second-order valence-corrected chi connectivity index (χ2v) is 7.05. The third kappa shape index (κ3) is 2.82. The fourth-order valence-electron chi connectivity index (χ4n) is 2.65. The van der Waals surface area contributed by atoms with Gasteiger partial charge in [0.25, 0.3) is 0 Å². The van der Waals surface area contributed by atoms with Crippen molar-refractivity contribution in [3.05, 3.63) is 35.4 Å². The van der Waals surface area contributed by atoms with E-state index >= 15 is 0 Å². The Morgan fingerprint density at radius 2 is 1.91 bits per heavy atom. The molecule has 23 heavy (non-hydrogen) atoms. The Labute approximate surface area is 137 Å². The average molecular weight is 314 g/mol. The summed E-state index contributed by atoms with van der Waals surface area (Å²) < 4.78 is 13.9. The number of fused-ring (bicyclic) bond motifs is 1. The van der Waals surface area contributed by atoms with Gasteiger partial charge in [-0.05, 0) is 44.8 Å². The van der Waals surface area contributed by atoms with Crippen molar-refractivity contribution in [3.8, 4) is 0 Å². The Bertz CT molecular complexity index is 748. The van der Waals surface area contributed by atoms with Crippen molar-refractivity contribution in [2.45, 2.75) is 38.9 Å². The molecule has 1 aromatic heterocycles. The maximum atomic E-state index is 9.77. The number of rotatable bonds is 3. The summed E-state index contributed by atoms with van der Waals surface area (Å²) in [6, 6.07) is 6.07. The molecule has 2 heterocycles. The number of nitrogens with zero attached hydrogens (tertiary/aromatic N) is 2. The number of aliphatic hydroxyl groups is 1. The van der Waals surface area contributed by atoms with Gasteiger partial charge >= 0.3 is 7.12 Å². The first-order valence-corrected chi connectivity index (χ1v) is 7.82. The van der Waals surface area contributed by atoms with Gasteiger partial charge in [-0.15, -0.1) is 0 Å². The van der Waals surface area contributed by atoms with Crippen molar-refractivity contribution in [1.82, 2.24) is 9.78 Å². The Hall–Kier alpha value is -1.63. The van der Waals surface area contributed by atoms with Gasteiger partial charge in [0.15, 0.2) is 0 Å². The van der Waals surface area contributed by atoms with Crippen LogP contribution in [0.4, 0.5) is 0 Å². The van der Waals surface area contributed by atoms with Gasteiger partial charge in [-0.25, -0.2) is 0 Å². The summed E-state index contributed by atoms with van der Waals surface area (Å²) in [6.07, 6.45) is 3.76. The van der Waals surface area contributed by atoms with Crippen molar-refractivity contribution >= 4 is 24.1 Å². The molecule has 6 heteroatoms. The van der Waals surface area contributed by atoms with E-state index in [2.05, 4.69) is 5.10 Å². The molecule has 0 saturated carbocycles. The van der Waals surface area contributed by atoms with Crippen molar-refractivity contribution in [3.63, 3.8) is 0 Å². The highest BCUT2D eigenvalue weighted by atomic mass is 16.7. The topological polar surface area (TPSA) is 56.5 Å². The summed E-state index contributed by atoms with van der Waals surface area (Å²) in [5.41, 5.74) is 1.91. The van der Waals surface area contributed by atoms with Crippen LogP contribution in [0.2, 0.25) is 0 Å². The minimum atomic E-state index is -0.535. The third-order valence-electron chi connectivity index (χ3n) is 4.86. The van der Waals surface area contributed by atoms with Gasteiger partial charge in [-0.1, -0.05) is 18.2 Å². The van der Waals surface area contributed by atoms with E-state index in [9.17, 15) is 5.11 Å². The Morgan fingerprint density at radius 3 is 2.52 bits per heavy atom. The van der Waals surface area contributed by atoms with E-state index < -0.39 is 18.3 Å². The predicted molar refractivity (Wildman–Crippen MR) is 91.9 cm³/mol. The number of aromatic nitrogens is 2. The lowest BCUT2D eigenvalue weighted by Gasteiger charge is -2.32. The van der Waals surface area contributed by atoms with E-state index in [0.717, 1.165) is 16.5 Å². The van der Waals surface area contributed by atoms with Crippen LogP contribution in [0.1, 0.15) is 33.3 Å². The molecule has 2 aromatic rings. The standard InChI is InChI=1S/C17H23BN2O3/c1-16(2)17(3,4)23-18(22-16)14(11-21)8-12-6-7-13-10-19-20(5)15(13)9-12/h6-10,21H,11H2,1-5H3. The maximum absolute atomic E-state index is 9.77. The maximum Gasteiger partial charge on any atom is 0.492 e. The molecule has 1 saturated heterocycles. The summed E-state index contributed by atoms with van der Waals surface area (Å²) in [5, 5.41) is 15.1. The van der Waals surface area contributed by atoms with Crippen LogP contribution in [0.15, 0.2) is 29.9 Å². The molecule has 3 rings (SSSR count). The fraction of sp³-hybridized carbons (Fsp3) is 0.471. The molecule has 1 fully saturated rings. The number of hydrogen-bond acceptors (Lipinski definition) is 4. The molecular weight excluding hydrogens is 291 g/mol. The van der Waals surface area contributed by atoms with Crippen LogP contribution in [0.25, 0.3) is 17.0 Å². The van der Waals surface area contributed by atoms with Crippen LogP contribution in [0.5, 0.6) is 0 Å². The highest BCUT2D eigenvalue weighted by Crippen LogP contribution is 2.38. The zero-order valence-electron chi connectivity index (χ0n) is 14.3. The van der Waals surface area contributed by atoms with Gasteiger partial charge < -0.3 is 14.4 Å². The minimum Gasteiger partial charge on any atom is -0.400 e. The van der Waals surface area contributed by atoms with E-state index in [1.165, 1.54) is 0 Å². The number of benzene rings is 1. The summed E-state index contributed by atoms with van der Waals surface area (Å²) in [6.45, 7) is 7.90. The second kappa shape index (κ2) is 5.48. The van der Waals surface area contributed by atoms with Crippen molar-refractivity contribution in [2.75, 3.05) is 6.61 Å². The van der Waals surface area contributed by atoms with Gasteiger partial charge in [0.1, 0.15) is 0 Å². The van der Waals surface area contributed by atoms with E-state index in [0.29, 0.717) is 5.47 Å². The number of aryl methyl sites for hydroxylation is 1. The molecule has 0 spiro atoms. The van der Waals surface area contributed by atoms with Crippen molar-refractivity contribution in [1.29, 1.82) is 0 Å². The molecule has 1 aromatic carbocycles. The monoisotopic (exact) mass is 314 g/mol. The minimum absolute atomic E-state index is 0.111. The molecule has 1 aliphatic rings. The predicted octanol–water partition coefficient (Wildman–Crippen LogP) is 2.58. The Morgan fingerprint density at radius 1 is 1.26 bits per heavy atom. The van der Waals surface area contributed by atoms with Crippen molar-refractivity contribution in [2.24, 2.45) is 7.05 Å². The molecule has 5 nitrogen and oxygen atoms in total. The highest BCUT2D eigenvalue weighted by Gasteiger charge is 2.52. The molecule has 0 amide bonds. The van der Waals surface area contributed by atoms with Crippen LogP contribution >= 0.6 is 0 Å². The molecule has 122 valence electrons. The zero-order valence-corrected chi connectivity index (χ0v) is 14.3. The molecule has 1 aliphatic heterocycles. The molecule has 0 aliphatic carbocycles. The van der Waals surface area contributed by atoms with Crippen LogP contribution < -0.4 is 0 Å². The van der Waals surface area contributed by atoms with Crippen LogP contribution in [0.3, 0.4) is 0 Å². The van der Waals surface area contributed by atoms with E-state index in [1.54, 1.807) is 0 Å². The SMILES string of the molecule is Cn1ncc2ccc(C=C(CO)B3OC(C)(C)C(C)(C)O3)cc21. The Balaban J connectivity index is 1.93. The molecule has 0 atom stereocenters.